The molecule has 0 radical (unpaired) electrons. The van der Waals surface area contributed by atoms with Gasteiger partial charge in [0.05, 0.1) is 6.61 Å². The standard InChI is InChI=1S/C15H23NO2/c1-5-10-18-13-8-6-12(7-9-13)11-16-14(17)15(2,3)4/h6-9H,5,10-11H2,1-4H3,(H,16,17). The second-order valence-electron chi connectivity index (χ2n) is 5.43. The van der Waals surface area contributed by atoms with Crippen LogP contribution in [0.15, 0.2) is 24.3 Å². The number of rotatable bonds is 5. The van der Waals surface area contributed by atoms with Crippen molar-refractivity contribution in [2.75, 3.05) is 6.61 Å². The molecule has 100 valence electrons. The van der Waals surface area contributed by atoms with E-state index in [1.807, 2.05) is 45.0 Å². The number of benzene rings is 1. The van der Waals surface area contributed by atoms with Gasteiger partial charge in [-0.15, -0.1) is 0 Å². The summed E-state index contributed by atoms with van der Waals surface area (Å²) < 4.78 is 5.50. The predicted octanol–water partition coefficient (Wildman–Crippen LogP) is 3.14. The Balaban J connectivity index is 2.46. The summed E-state index contributed by atoms with van der Waals surface area (Å²) in [6.45, 7) is 9.10. The Bertz CT molecular complexity index is 376. The van der Waals surface area contributed by atoms with Crippen molar-refractivity contribution in [3.63, 3.8) is 0 Å². The number of carbonyl (C=O) groups excluding carboxylic acids is 1. The topological polar surface area (TPSA) is 38.3 Å². The minimum absolute atomic E-state index is 0.0637. The molecule has 1 amide bonds. The number of nitrogens with one attached hydrogen (secondary N) is 1. The Kier molecular flexibility index (Phi) is 5.20. The molecule has 0 unspecified atom stereocenters. The number of hydrogen-bond acceptors (Lipinski definition) is 2. The highest BCUT2D eigenvalue weighted by Gasteiger charge is 2.20. The SMILES string of the molecule is CCCOc1ccc(CNC(=O)C(C)(C)C)cc1. The van der Waals surface area contributed by atoms with E-state index in [9.17, 15) is 4.79 Å². The zero-order valence-corrected chi connectivity index (χ0v) is 11.7. The first-order valence-corrected chi connectivity index (χ1v) is 6.43. The van der Waals surface area contributed by atoms with Crippen molar-refractivity contribution in [2.45, 2.75) is 40.7 Å². The molecular formula is C15H23NO2. The molecule has 3 nitrogen and oxygen atoms in total. The molecule has 0 aliphatic carbocycles. The fourth-order valence-electron chi connectivity index (χ4n) is 1.37. The lowest BCUT2D eigenvalue weighted by Crippen LogP contribution is -2.34. The molecule has 18 heavy (non-hydrogen) atoms. The zero-order chi connectivity index (χ0) is 13.6. The molecule has 1 aromatic carbocycles. The third-order valence-electron chi connectivity index (χ3n) is 2.53. The van der Waals surface area contributed by atoms with Gasteiger partial charge in [0.1, 0.15) is 5.75 Å². The Morgan fingerprint density at radius 1 is 1.22 bits per heavy atom. The minimum Gasteiger partial charge on any atom is -0.494 e. The van der Waals surface area contributed by atoms with Crippen LogP contribution in [0, 0.1) is 5.41 Å². The van der Waals surface area contributed by atoms with Crippen molar-refractivity contribution >= 4 is 5.91 Å². The van der Waals surface area contributed by atoms with E-state index in [4.69, 9.17) is 4.74 Å². The first kappa shape index (κ1) is 14.6. The lowest BCUT2D eigenvalue weighted by atomic mass is 9.95. The van der Waals surface area contributed by atoms with E-state index in [1.54, 1.807) is 0 Å². The Hall–Kier alpha value is -1.51. The van der Waals surface area contributed by atoms with Gasteiger partial charge < -0.3 is 10.1 Å². The maximum atomic E-state index is 11.7. The molecule has 0 saturated carbocycles. The third-order valence-corrected chi connectivity index (χ3v) is 2.53. The van der Waals surface area contributed by atoms with Crippen LogP contribution in [0.25, 0.3) is 0 Å². The predicted molar refractivity (Wildman–Crippen MR) is 73.5 cm³/mol. The Morgan fingerprint density at radius 3 is 2.33 bits per heavy atom. The summed E-state index contributed by atoms with van der Waals surface area (Å²) in [6, 6.07) is 7.84. The van der Waals surface area contributed by atoms with Crippen LogP contribution in [-0.4, -0.2) is 12.5 Å². The van der Waals surface area contributed by atoms with E-state index in [1.165, 1.54) is 0 Å². The van der Waals surface area contributed by atoms with Gasteiger partial charge in [-0.2, -0.15) is 0 Å². The lowest BCUT2D eigenvalue weighted by molar-refractivity contribution is -0.128. The summed E-state index contributed by atoms with van der Waals surface area (Å²) in [5.74, 6) is 0.941. The van der Waals surface area contributed by atoms with Gasteiger partial charge in [-0.3, -0.25) is 4.79 Å². The van der Waals surface area contributed by atoms with E-state index in [0.717, 1.165) is 24.3 Å². The lowest BCUT2D eigenvalue weighted by Gasteiger charge is -2.17. The molecule has 1 N–H and O–H groups in total. The number of hydrogen-bond donors (Lipinski definition) is 1. The molecule has 0 bridgehead atoms. The van der Waals surface area contributed by atoms with Crippen molar-refractivity contribution in [3.8, 4) is 5.75 Å². The smallest absolute Gasteiger partial charge is 0.225 e. The number of ether oxygens (including phenoxy) is 1. The van der Waals surface area contributed by atoms with Crippen molar-refractivity contribution < 1.29 is 9.53 Å². The van der Waals surface area contributed by atoms with Gasteiger partial charge in [0.15, 0.2) is 0 Å². The highest BCUT2D eigenvalue weighted by Crippen LogP contribution is 2.15. The van der Waals surface area contributed by atoms with Gasteiger partial charge >= 0.3 is 0 Å². The van der Waals surface area contributed by atoms with Crippen LogP contribution in [0.3, 0.4) is 0 Å². The molecule has 0 atom stereocenters. The minimum atomic E-state index is -0.343. The maximum Gasteiger partial charge on any atom is 0.225 e. The summed E-state index contributed by atoms with van der Waals surface area (Å²) in [7, 11) is 0. The average molecular weight is 249 g/mol. The summed E-state index contributed by atoms with van der Waals surface area (Å²) >= 11 is 0. The van der Waals surface area contributed by atoms with Crippen LogP contribution in [0.2, 0.25) is 0 Å². The van der Waals surface area contributed by atoms with Gasteiger partial charge in [-0.05, 0) is 24.1 Å². The monoisotopic (exact) mass is 249 g/mol. The van der Waals surface area contributed by atoms with E-state index in [-0.39, 0.29) is 11.3 Å². The van der Waals surface area contributed by atoms with Gasteiger partial charge in [0.2, 0.25) is 5.91 Å². The summed E-state index contributed by atoms with van der Waals surface area (Å²) in [5.41, 5.74) is 0.737. The molecule has 0 aromatic heterocycles. The molecule has 0 fully saturated rings. The quantitative estimate of drug-likeness (QED) is 0.870. The molecule has 0 aliphatic heterocycles. The summed E-state index contributed by atoms with van der Waals surface area (Å²) in [6.07, 6.45) is 1.00. The Morgan fingerprint density at radius 2 is 1.83 bits per heavy atom. The molecule has 1 aromatic rings. The van der Waals surface area contributed by atoms with Crippen LogP contribution in [0.1, 0.15) is 39.7 Å². The maximum absolute atomic E-state index is 11.7. The molecule has 0 saturated heterocycles. The van der Waals surface area contributed by atoms with E-state index in [0.29, 0.717) is 6.54 Å². The third kappa shape index (κ3) is 4.78. The second-order valence-corrected chi connectivity index (χ2v) is 5.43. The van der Waals surface area contributed by atoms with Crippen molar-refractivity contribution in [1.82, 2.24) is 5.32 Å². The number of amides is 1. The van der Waals surface area contributed by atoms with Crippen LogP contribution in [-0.2, 0) is 11.3 Å². The molecule has 3 heteroatoms. The van der Waals surface area contributed by atoms with Crippen LogP contribution < -0.4 is 10.1 Å². The molecule has 1 rings (SSSR count). The van der Waals surface area contributed by atoms with E-state index in [2.05, 4.69) is 12.2 Å². The van der Waals surface area contributed by atoms with Gasteiger partial charge in [0.25, 0.3) is 0 Å². The van der Waals surface area contributed by atoms with E-state index >= 15 is 0 Å². The van der Waals surface area contributed by atoms with Gasteiger partial charge in [-0.25, -0.2) is 0 Å². The fraction of sp³-hybridized carbons (Fsp3) is 0.533. The molecular weight excluding hydrogens is 226 g/mol. The normalized spacial score (nSPS) is 11.1. The van der Waals surface area contributed by atoms with Crippen molar-refractivity contribution in [1.29, 1.82) is 0 Å². The molecule has 0 heterocycles. The van der Waals surface area contributed by atoms with Gasteiger partial charge in [-0.1, -0.05) is 39.8 Å². The zero-order valence-electron chi connectivity index (χ0n) is 11.7. The number of carbonyl (C=O) groups is 1. The first-order valence-electron chi connectivity index (χ1n) is 6.43. The molecule has 0 spiro atoms. The van der Waals surface area contributed by atoms with Crippen molar-refractivity contribution in [3.05, 3.63) is 29.8 Å². The second kappa shape index (κ2) is 6.43. The molecule has 0 aliphatic rings. The highest BCUT2D eigenvalue weighted by molar-refractivity contribution is 5.81. The largest absolute Gasteiger partial charge is 0.494 e. The van der Waals surface area contributed by atoms with Crippen LogP contribution in [0.4, 0.5) is 0 Å². The van der Waals surface area contributed by atoms with E-state index < -0.39 is 0 Å². The first-order chi connectivity index (χ1) is 8.43. The highest BCUT2D eigenvalue weighted by atomic mass is 16.5. The van der Waals surface area contributed by atoms with Crippen LogP contribution >= 0.6 is 0 Å². The van der Waals surface area contributed by atoms with Gasteiger partial charge in [0, 0.05) is 12.0 Å². The average Bonchev–Trinajstić information content (AvgIpc) is 2.33. The fourth-order valence-corrected chi connectivity index (χ4v) is 1.37. The Labute approximate surface area is 110 Å². The van der Waals surface area contributed by atoms with Crippen molar-refractivity contribution in [2.24, 2.45) is 5.41 Å². The summed E-state index contributed by atoms with van der Waals surface area (Å²) in [4.78, 5) is 11.7. The van der Waals surface area contributed by atoms with Crippen LogP contribution in [0.5, 0.6) is 5.75 Å². The summed E-state index contributed by atoms with van der Waals surface area (Å²) in [5, 5.41) is 2.92.